The SMILES string of the molecule is CC/C=C\C/C=C\C/C=C\C/C=C\CCCCCCCCCCCCCCCCCCCCCCCCC(=O)OCC(COC(=O)CCCCCCC/C=C\CCCC)OC(=O)CCCCCCCCCCCCCCCC. The predicted molar refractivity (Wildman–Crippen MR) is 339 cm³/mol. The smallest absolute Gasteiger partial charge is 0.306 e. The van der Waals surface area contributed by atoms with Gasteiger partial charge in [-0.15, -0.1) is 0 Å². The first-order valence-corrected chi connectivity index (χ1v) is 34.3. The molecule has 0 radical (unpaired) electrons. The van der Waals surface area contributed by atoms with Gasteiger partial charge in [0.2, 0.25) is 0 Å². The van der Waals surface area contributed by atoms with Crippen molar-refractivity contribution >= 4 is 17.9 Å². The zero-order valence-corrected chi connectivity index (χ0v) is 52.2. The highest BCUT2D eigenvalue weighted by atomic mass is 16.6. The molecule has 0 heterocycles. The van der Waals surface area contributed by atoms with Gasteiger partial charge in [0.05, 0.1) is 0 Å². The van der Waals surface area contributed by atoms with Crippen LogP contribution in [0.2, 0.25) is 0 Å². The van der Waals surface area contributed by atoms with E-state index in [1.54, 1.807) is 0 Å². The van der Waals surface area contributed by atoms with Gasteiger partial charge in [0.15, 0.2) is 6.10 Å². The van der Waals surface area contributed by atoms with Crippen LogP contribution < -0.4 is 0 Å². The Morgan fingerprint density at radius 1 is 0.269 bits per heavy atom. The van der Waals surface area contributed by atoms with Crippen molar-refractivity contribution in [3.8, 4) is 0 Å². The van der Waals surface area contributed by atoms with Gasteiger partial charge in [-0.05, 0) is 77.0 Å². The van der Waals surface area contributed by atoms with Gasteiger partial charge >= 0.3 is 17.9 Å². The molecule has 0 aliphatic rings. The summed E-state index contributed by atoms with van der Waals surface area (Å²) in [6, 6.07) is 0. The lowest BCUT2D eigenvalue weighted by Gasteiger charge is -2.18. The van der Waals surface area contributed by atoms with Crippen LogP contribution in [0.5, 0.6) is 0 Å². The molecule has 0 aromatic heterocycles. The van der Waals surface area contributed by atoms with Crippen LogP contribution in [0.4, 0.5) is 0 Å². The number of ether oxygens (including phenoxy) is 3. The second-order valence-corrected chi connectivity index (χ2v) is 23.1. The number of esters is 3. The van der Waals surface area contributed by atoms with Gasteiger partial charge in [0, 0.05) is 19.3 Å². The van der Waals surface area contributed by atoms with Gasteiger partial charge in [-0.2, -0.15) is 0 Å². The van der Waals surface area contributed by atoms with Crippen LogP contribution >= 0.6 is 0 Å². The van der Waals surface area contributed by atoms with Crippen molar-refractivity contribution in [1.29, 1.82) is 0 Å². The Kier molecular flexibility index (Phi) is 64.2. The highest BCUT2D eigenvalue weighted by molar-refractivity contribution is 5.71. The van der Waals surface area contributed by atoms with E-state index in [-0.39, 0.29) is 31.1 Å². The molecule has 0 saturated heterocycles. The lowest BCUT2D eigenvalue weighted by atomic mass is 10.0. The van der Waals surface area contributed by atoms with Gasteiger partial charge in [0.1, 0.15) is 13.2 Å². The van der Waals surface area contributed by atoms with Crippen molar-refractivity contribution in [3.05, 3.63) is 60.8 Å². The first-order chi connectivity index (χ1) is 38.5. The fourth-order valence-electron chi connectivity index (χ4n) is 10.1. The van der Waals surface area contributed by atoms with Crippen LogP contribution in [-0.4, -0.2) is 37.2 Å². The summed E-state index contributed by atoms with van der Waals surface area (Å²) in [6.07, 6.45) is 85.5. The highest BCUT2D eigenvalue weighted by Crippen LogP contribution is 2.18. The number of hydrogen-bond acceptors (Lipinski definition) is 6. The number of unbranched alkanes of at least 4 members (excludes halogenated alkanes) is 42. The molecule has 1 atom stereocenters. The molecule has 0 aliphatic heterocycles. The molecule has 0 aliphatic carbocycles. The summed E-state index contributed by atoms with van der Waals surface area (Å²) < 4.78 is 16.9. The van der Waals surface area contributed by atoms with E-state index in [0.717, 1.165) is 89.9 Å². The summed E-state index contributed by atoms with van der Waals surface area (Å²) in [5.41, 5.74) is 0. The average Bonchev–Trinajstić information content (AvgIpc) is 3.44. The van der Waals surface area contributed by atoms with E-state index in [1.165, 1.54) is 231 Å². The Bertz CT molecular complexity index is 1390. The first-order valence-electron chi connectivity index (χ1n) is 34.3. The number of carbonyl (C=O) groups excluding carboxylic acids is 3. The van der Waals surface area contributed by atoms with Gasteiger partial charge in [-0.3, -0.25) is 14.4 Å². The Labute approximate surface area is 485 Å². The summed E-state index contributed by atoms with van der Waals surface area (Å²) in [5, 5.41) is 0. The minimum absolute atomic E-state index is 0.0701. The summed E-state index contributed by atoms with van der Waals surface area (Å²) in [6.45, 7) is 6.53. The van der Waals surface area contributed by atoms with Crippen molar-refractivity contribution in [3.63, 3.8) is 0 Å². The fourth-order valence-corrected chi connectivity index (χ4v) is 10.1. The molecular formula is C72H130O6. The summed E-state index contributed by atoms with van der Waals surface area (Å²) in [5.74, 6) is -0.858. The maximum atomic E-state index is 12.9. The Hall–Kier alpha value is -2.89. The molecule has 0 amide bonds. The Balaban J connectivity index is 4.01. The van der Waals surface area contributed by atoms with Gasteiger partial charge in [0.25, 0.3) is 0 Å². The van der Waals surface area contributed by atoms with E-state index in [4.69, 9.17) is 14.2 Å². The normalized spacial score (nSPS) is 12.4. The quantitative estimate of drug-likeness (QED) is 0.0261. The third-order valence-corrected chi connectivity index (χ3v) is 15.3. The van der Waals surface area contributed by atoms with E-state index in [2.05, 4.69) is 81.5 Å². The molecule has 0 fully saturated rings. The van der Waals surface area contributed by atoms with Crippen molar-refractivity contribution < 1.29 is 28.6 Å². The largest absolute Gasteiger partial charge is 0.462 e. The van der Waals surface area contributed by atoms with E-state index < -0.39 is 6.10 Å². The molecule has 0 rings (SSSR count). The van der Waals surface area contributed by atoms with Crippen LogP contribution in [0, 0.1) is 0 Å². The van der Waals surface area contributed by atoms with Crippen molar-refractivity contribution in [1.82, 2.24) is 0 Å². The summed E-state index contributed by atoms with van der Waals surface area (Å²) in [4.78, 5) is 38.2. The molecule has 0 spiro atoms. The third kappa shape index (κ3) is 63.9. The van der Waals surface area contributed by atoms with Crippen LogP contribution in [0.15, 0.2) is 60.8 Å². The van der Waals surface area contributed by atoms with Crippen molar-refractivity contribution in [2.45, 2.75) is 367 Å². The molecule has 6 heteroatoms. The molecule has 0 N–H and O–H groups in total. The number of hydrogen-bond donors (Lipinski definition) is 0. The van der Waals surface area contributed by atoms with Crippen LogP contribution in [0.3, 0.4) is 0 Å². The monoisotopic (exact) mass is 1090 g/mol. The zero-order valence-electron chi connectivity index (χ0n) is 52.2. The van der Waals surface area contributed by atoms with Gasteiger partial charge < -0.3 is 14.2 Å². The van der Waals surface area contributed by atoms with Gasteiger partial charge in [-0.1, -0.05) is 326 Å². The highest BCUT2D eigenvalue weighted by Gasteiger charge is 2.19. The van der Waals surface area contributed by atoms with E-state index in [0.29, 0.717) is 19.3 Å². The molecule has 454 valence electrons. The van der Waals surface area contributed by atoms with Crippen LogP contribution in [-0.2, 0) is 28.6 Å². The Morgan fingerprint density at radius 3 is 0.833 bits per heavy atom. The van der Waals surface area contributed by atoms with E-state index in [1.807, 2.05) is 0 Å². The standard InChI is InChI=1S/C72H130O6/c1-4-7-10-13-16-19-22-24-26-27-28-29-30-31-32-33-34-35-36-37-38-39-40-41-42-43-44-45-46-48-50-53-56-59-62-65-71(74)77-68-69(67-76-70(73)64-61-58-55-52-49-21-18-15-12-9-6-3)78-72(75)66-63-60-57-54-51-47-25-23-20-17-14-11-8-5-2/h7,10,15-16,18-19,24,26,28-29,69H,4-6,8-9,11-14,17,20-23,25,27,30-68H2,1-3H3/b10-7-,18-15-,19-16-,26-24-,29-28-. The minimum atomic E-state index is -0.772. The molecule has 0 saturated carbocycles. The second-order valence-electron chi connectivity index (χ2n) is 23.1. The fraction of sp³-hybridized carbons (Fsp3) is 0.819. The maximum Gasteiger partial charge on any atom is 0.306 e. The van der Waals surface area contributed by atoms with E-state index >= 15 is 0 Å². The minimum Gasteiger partial charge on any atom is -0.462 e. The summed E-state index contributed by atoms with van der Waals surface area (Å²) in [7, 11) is 0. The van der Waals surface area contributed by atoms with Crippen molar-refractivity contribution in [2.24, 2.45) is 0 Å². The number of allylic oxidation sites excluding steroid dienone is 10. The average molecular weight is 1090 g/mol. The molecule has 78 heavy (non-hydrogen) atoms. The molecule has 0 aromatic rings. The molecule has 0 bridgehead atoms. The number of rotatable bonds is 63. The third-order valence-electron chi connectivity index (χ3n) is 15.3. The topological polar surface area (TPSA) is 78.9 Å². The van der Waals surface area contributed by atoms with Crippen LogP contribution in [0.1, 0.15) is 361 Å². The van der Waals surface area contributed by atoms with Gasteiger partial charge in [-0.25, -0.2) is 0 Å². The molecule has 6 nitrogen and oxygen atoms in total. The molecule has 0 aromatic carbocycles. The lowest BCUT2D eigenvalue weighted by molar-refractivity contribution is -0.167. The van der Waals surface area contributed by atoms with Crippen LogP contribution in [0.25, 0.3) is 0 Å². The van der Waals surface area contributed by atoms with Crippen molar-refractivity contribution in [2.75, 3.05) is 13.2 Å². The predicted octanol–water partition coefficient (Wildman–Crippen LogP) is 23.5. The Morgan fingerprint density at radius 2 is 0.513 bits per heavy atom. The lowest BCUT2D eigenvalue weighted by Crippen LogP contribution is -2.30. The molecular weight excluding hydrogens is 961 g/mol. The van der Waals surface area contributed by atoms with E-state index in [9.17, 15) is 14.4 Å². The summed E-state index contributed by atoms with van der Waals surface area (Å²) >= 11 is 0. The second kappa shape index (κ2) is 66.6. The zero-order chi connectivity index (χ0) is 56.4. The maximum absolute atomic E-state index is 12.9. The first kappa shape index (κ1) is 75.1. The molecule has 1 unspecified atom stereocenters. The number of carbonyl (C=O) groups is 3.